The molecule has 0 aliphatic carbocycles. The summed E-state index contributed by atoms with van der Waals surface area (Å²) in [6, 6.07) is 5.38. The quantitative estimate of drug-likeness (QED) is 0.831. The van der Waals surface area contributed by atoms with Gasteiger partial charge in [0.2, 0.25) is 21.8 Å². The Morgan fingerprint density at radius 3 is 2.36 bits per heavy atom. The van der Waals surface area contributed by atoms with Crippen LogP contribution in [-0.2, 0) is 19.6 Å². The number of primary amides is 1. The first kappa shape index (κ1) is 19.2. The van der Waals surface area contributed by atoms with Crippen molar-refractivity contribution < 1.29 is 18.0 Å². The molecular formula is C17H25N3O4S. The van der Waals surface area contributed by atoms with Crippen LogP contribution in [0.5, 0.6) is 0 Å². The number of hydrogen-bond acceptors (Lipinski definition) is 4. The summed E-state index contributed by atoms with van der Waals surface area (Å²) in [6.45, 7) is 4.32. The van der Waals surface area contributed by atoms with Gasteiger partial charge in [0.05, 0.1) is 11.9 Å². The zero-order valence-corrected chi connectivity index (χ0v) is 15.7. The molecule has 1 aromatic carbocycles. The third kappa shape index (κ3) is 4.50. The predicted octanol–water partition coefficient (Wildman–Crippen LogP) is 0.793. The number of anilines is 1. The molecule has 1 aromatic rings. The molecule has 1 fully saturated rings. The van der Waals surface area contributed by atoms with E-state index in [0.29, 0.717) is 31.6 Å². The van der Waals surface area contributed by atoms with E-state index >= 15 is 0 Å². The van der Waals surface area contributed by atoms with Crippen LogP contribution in [0.15, 0.2) is 18.2 Å². The van der Waals surface area contributed by atoms with Gasteiger partial charge in [0.1, 0.15) is 6.54 Å². The Morgan fingerprint density at radius 1 is 1.24 bits per heavy atom. The first-order chi connectivity index (χ1) is 11.6. The van der Waals surface area contributed by atoms with E-state index in [0.717, 1.165) is 21.7 Å². The van der Waals surface area contributed by atoms with E-state index in [1.807, 2.05) is 19.9 Å². The highest BCUT2D eigenvalue weighted by Crippen LogP contribution is 2.25. The summed E-state index contributed by atoms with van der Waals surface area (Å²) in [4.78, 5) is 25.4. The molecule has 0 aromatic heterocycles. The fourth-order valence-corrected chi connectivity index (χ4v) is 3.92. The molecule has 138 valence electrons. The second kappa shape index (κ2) is 7.43. The number of hydrogen-bond donors (Lipinski definition) is 1. The van der Waals surface area contributed by atoms with Crippen LogP contribution in [0.3, 0.4) is 0 Å². The SMILES string of the molecule is Cc1cccc(N(CC(=O)N2CCC(C(N)=O)CC2)S(C)(=O)=O)c1C. The molecule has 0 spiro atoms. The average Bonchev–Trinajstić information content (AvgIpc) is 2.54. The number of nitrogens with two attached hydrogens (primary N) is 1. The van der Waals surface area contributed by atoms with Crippen molar-refractivity contribution in [2.45, 2.75) is 26.7 Å². The molecule has 1 aliphatic rings. The second-order valence-electron chi connectivity index (χ2n) is 6.55. The van der Waals surface area contributed by atoms with Crippen LogP contribution in [-0.4, -0.2) is 51.0 Å². The van der Waals surface area contributed by atoms with Gasteiger partial charge in [-0.15, -0.1) is 0 Å². The molecule has 1 saturated heterocycles. The summed E-state index contributed by atoms with van der Waals surface area (Å²) in [7, 11) is -3.60. The molecule has 8 heteroatoms. The molecule has 0 unspecified atom stereocenters. The van der Waals surface area contributed by atoms with Crippen molar-refractivity contribution in [2.75, 3.05) is 30.2 Å². The van der Waals surface area contributed by atoms with Gasteiger partial charge in [-0.1, -0.05) is 12.1 Å². The molecule has 2 rings (SSSR count). The summed E-state index contributed by atoms with van der Waals surface area (Å²) >= 11 is 0. The van der Waals surface area contributed by atoms with Gasteiger partial charge in [0, 0.05) is 19.0 Å². The summed E-state index contributed by atoms with van der Waals surface area (Å²) in [5.74, 6) is -0.830. The van der Waals surface area contributed by atoms with Crippen LogP contribution in [0.25, 0.3) is 0 Å². The summed E-state index contributed by atoms with van der Waals surface area (Å²) in [5.41, 5.74) is 7.61. The van der Waals surface area contributed by atoms with E-state index in [4.69, 9.17) is 5.73 Å². The van der Waals surface area contributed by atoms with Crippen molar-refractivity contribution in [3.63, 3.8) is 0 Å². The molecule has 1 heterocycles. The van der Waals surface area contributed by atoms with E-state index in [1.165, 1.54) is 0 Å². The lowest BCUT2D eigenvalue weighted by molar-refractivity contribution is -0.133. The Balaban J connectivity index is 2.17. The summed E-state index contributed by atoms with van der Waals surface area (Å²) in [6.07, 6.45) is 2.13. The third-order valence-corrected chi connectivity index (χ3v) is 5.90. The monoisotopic (exact) mass is 367 g/mol. The third-order valence-electron chi connectivity index (χ3n) is 4.77. The standard InChI is InChI=1S/C17H25N3O4S/c1-12-5-4-6-15(13(12)2)20(25(3,23)24)11-16(21)19-9-7-14(8-10-19)17(18)22/h4-6,14H,7-11H2,1-3H3,(H2,18,22). The zero-order chi connectivity index (χ0) is 18.8. The van der Waals surface area contributed by atoms with Crippen molar-refractivity contribution in [3.05, 3.63) is 29.3 Å². The number of carbonyl (C=O) groups excluding carboxylic acids is 2. The number of aryl methyl sites for hydroxylation is 1. The Hall–Kier alpha value is -2.09. The van der Waals surface area contributed by atoms with Gasteiger partial charge < -0.3 is 10.6 Å². The highest BCUT2D eigenvalue weighted by atomic mass is 32.2. The molecular weight excluding hydrogens is 342 g/mol. The number of sulfonamides is 1. The Kier molecular flexibility index (Phi) is 5.72. The smallest absolute Gasteiger partial charge is 0.243 e. The Bertz CT molecular complexity index is 768. The van der Waals surface area contributed by atoms with Crippen molar-refractivity contribution in [1.82, 2.24) is 4.90 Å². The highest BCUT2D eigenvalue weighted by Gasteiger charge is 2.29. The maximum atomic E-state index is 12.6. The minimum atomic E-state index is -3.60. The maximum Gasteiger partial charge on any atom is 0.243 e. The molecule has 7 nitrogen and oxygen atoms in total. The predicted molar refractivity (Wildman–Crippen MR) is 96.6 cm³/mol. The van der Waals surface area contributed by atoms with Crippen LogP contribution >= 0.6 is 0 Å². The average molecular weight is 367 g/mol. The molecule has 2 amide bonds. The number of carbonyl (C=O) groups is 2. The molecule has 0 atom stereocenters. The summed E-state index contributed by atoms with van der Waals surface area (Å²) in [5, 5.41) is 0. The van der Waals surface area contributed by atoms with Crippen LogP contribution < -0.4 is 10.0 Å². The zero-order valence-electron chi connectivity index (χ0n) is 14.9. The van der Waals surface area contributed by atoms with Crippen LogP contribution in [0.1, 0.15) is 24.0 Å². The van der Waals surface area contributed by atoms with E-state index in [-0.39, 0.29) is 24.3 Å². The van der Waals surface area contributed by atoms with Gasteiger partial charge in [-0.2, -0.15) is 0 Å². The van der Waals surface area contributed by atoms with Crippen molar-refractivity contribution >= 4 is 27.5 Å². The van der Waals surface area contributed by atoms with Crippen molar-refractivity contribution in [1.29, 1.82) is 0 Å². The van der Waals surface area contributed by atoms with Gasteiger partial charge in [0.25, 0.3) is 0 Å². The Labute approximate surface area is 148 Å². The summed E-state index contributed by atoms with van der Waals surface area (Å²) < 4.78 is 25.6. The number of rotatable bonds is 5. The van der Waals surface area contributed by atoms with E-state index in [9.17, 15) is 18.0 Å². The van der Waals surface area contributed by atoms with E-state index in [2.05, 4.69) is 0 Å². The number of piperidine rings is 1. The van der Waals surface area contributed by atoms with Crippen LogP contribution in [0.2, 0.25) is 0 Å². The van der Waals surface area contributed by atoms with Gasteiger partial charge in [-0.3, -0.25) is 13.9 Å². The van der Waals surface area contributed by atoms with Crippen LogP contribution in [0, 0.1) is 19.8 Å². The Morgan fingerprint density at radius 2 is 1.84 bits per heavy atom. The van der Waals surface area contributed by atoms with Crippen molar-refractivity contribution in [2.24, 2.45) is 11.7 Å². The second-order valence-corrected chi connectivity index (χ2v) is 8.45. The lowest BCUT2D eigenvalue weighted by Crippen LogP contribution is -2.47. The van der Waals surface area contributed by atoms with Gasteiger partial charge >= 0.3 is 0 Å². The van der Waals surface area contributed by atoms with E-state index < -0.39 is 10.0 Å². The number of nitrogens with zero attached hydrogens (tertiary/aromatic N) is 2. The number of likely N-dealkylation sites (tertiary alicyclic amines) is 1. The maximum absolute atomic E-state index is 12.6. The highest BCUT2D eigenvalue weighted by molar-refractivity contribution is 7.92. The van der Waals surface area contributed by atoms with Crippen molar-refractivity contribution in [3.8, 4) is 0 Å². The molecule has 0 bridgehead atoms. The number of benzene rings is 1. The molecule has 25 heavy (non-hydrogen) atoms. The van der Waals surface area contributed by atoms with E-state index in [1.54, 1.807) is 17.0 Å². The molecule has 0 radical (unpaired) electrons. The van der Waals surface area contributed by atoms with Gasteiger partial charge in [-0.05, 0) is 43.9 Å². The number of amides is 2. The first-order valence-corrected chi connectivity index (χ1v) is 10.1. The van der Waals surface area contributed by atoms with Gasteiger partial charge in [0.15, 0.2) is 0 Å². The lowest BCUT2D eigenvalue weighted by Gasteiger charge is -2.33. The van der Waals surface area contributed by atoms with Crippen LogP contribution in [0.4, 0.5) is 5.69 Å². The largest absolute Gasteiger partial charge is 0.369 e. The fraction of sp³-hybridized carbons (Fsp3) is 0.529. The molecule has 0 saturated carbocycles. The normalized spacial score (nSPS) is 15.9. The fourth-order valence-electron chi connectivity index (χ4n) is 3.02. The minimum absolute atomic E-state index is 0.214. The topological polar surface area (TPSA) is 101 Å². The molecule has 1 aliphatic heterocycles. The minimum Gasteiger partial charge on any atom is -0.369 e. The lowest BCUT2D eigenvalue weighted by atomic mass is 9.96. The first-order valence-electron chi connectivity index (χ1n) is 8.22. The molecule has 2 N–H and O–H groups in total. The van der Waals surface area contributed by atoms with Gasteiger partial charge in [-0.25, -0.2) is 8.42 Å².